The van der Waals surface area contributed by atoms with E-state index in [1.54, 1.807) is 107 Å². The fraction of sp³-hybridized carbons (Fsp3) is 0.453. The summed E-state index contributed by atoms with van der Waals surface area (Å²) in [5.74, 6) is -4.95. The van der Waals surface area contributed by atoms with Crippen LogP contribution in [-0.4, -0.2) is 118 Å². The summed E-state index contributed by atoms with van der Waals surface area (Å²) in [7, 11) is -6.97. The molecule has 0 spiro atoms. The molecule has 1 atom stereocenters. The molecule has 0 saturated heterocycles. The lowest BCUT2D eigenvalue weighted by atomic mass is 9.82. The first-order valence-corrected chi connectivity index (χ1v) is 47.4. The van der Waals surface area contributed by atoms with Crippen molar-refractivity contribution in [3.63, 3.8) is 0 Å². The summed E-state index contributed by atoms with van der Waals surface area (Å²) >= 11 is 9.58. The van der Waals surface area contributed by atoms with E-state index in [4.69, 9.17) is 19.3 Å². The predicted octanol–water partition coefficient (Wildman–Crippen LogP) is 21.6. The zero-order chi connectivity index (χ0) is 90.1. The molecule has 8 aromatic rings. The van der Waals surface area contributed by atoms with Gasteiger partial charge in [-0.15, -0.1) is 0 Å². The van der Waals surface area contributed by atoms with E-state index in [1.165, 1.54) is 72.1 Å². The molecular formula is C86H107F6I5N2O16S3. The highest BCUT2D eigenvalue weighted by Crippen LogP contribution is 2.48. The van der Waals surface area contributed by atoms with E-state index >= 15 is 0 Å². The maximum Gasteiger partial charge on any atom is 0.518 e. The minimum Gasteiger partial charge on any atom is -0.858 e. The van der Waals surface area contributed by atoms with Gasteiger partial charge in [-0.25, -0.2) is 13.2 Å². The lowest BCUT2D eigenvalue weighted by molar-refractivity contribution is -0.858. The number of carbonyl (C=O) groups is 4. The summed E-state index contributed by atoms with van der Waals surface area (Å²) < 4.78 is 156. The number of rotatable bonds is 22. The van der Waals surface area contributed by atoms with Gasteiger partial charge in [0.2, 0.25) is 6.10 Å². The third kappa shape index (κ3) is 33.4. The molecule has 1 unspecified atom stereocenters. The lowest BCUT2D eigenvalue weighted by Gasteiger charge is -2.29. The first-order chi connectivity index (χ1) is 54.3. The number of carbonyl (C=O) groups excluding carboxylic acids is 4. The van der Waals surface area contributed by atoms with Crippen molar-refractivity contribution in [1.29, 1.82) is 0 Å². The minimum absolute atomic E-state index is 0.0376. The number of alkyl halides is 6. The molecule has 9 rings (SSSR count). The Morgan fingerprint density at radius 2 is 1.02 bits per heavy atom. The van der Waals surface area contributed by atoms with Crippen LogP contribution in [0.25, 0.3) is 25.1 Å². The maximum atomic E-state index is 12.9. The van der Waals surface area contributed by atoms with Crippen molar-refractivity contribution in [3.8, 4) is 22.1 Å². The molecule has 18 nitrogen and oxygen atoms in total. The Balaban J connectivity index is 0.000000363. The summed E-state index contributed by atoms with van der Waals surface area (Å²) in [6.07, 6.45) is 0.387. The number of aromatic hydroxyl groups is 2. The number of phenolic OH excluding ortho intramolecular Hbond substituents is 2. The molecule has 1 heterocycles. The van der Waals surface area contributed by atoms with Gasteiger partial charge in [0.15, 0.2) is 14.3 Å². The maximum absolute atomic E-state index is 12.9. The van der Waals surface area contributed by atoms with Gasteiger partial charge in [-0.1, -0.05) is 123 Å². The fourth-order valence-corrected chi connectivity index (χ4v) is 17.6. The van der Waals surface area contributed by atoms with E-state index in [-0.39, 0.29) is 61.0 Å². The quantitative estimate of drug-likeness (QED) is 0.00654. The third-order valence-corrected chi connectivity index (χ3v) is 28.2. The Morgan fingerprint density at radius 3 is 1.46 bits per heavy atom. The van der Waals surface area contributed by atoms with Gasteiger partial charge in [0.05, 0.1) is 62.5 Å². The van der Waals surface area contributed by atoms with Crippen LogP contribution in [0.4, 0.5) is 26.3 Å². The number of halogens is 11. The van der Waals surface area contributed by atoms with Gasteiger partial charge in [0.25, 0.3) is 0 Å². The highest BCUT2D eigenvalue weighted by molar-refractivity contribution is 14.1. The van der Waals surface area contributed by atoms with Crippen LogP contribution in [0.1, 0.15) is 196 Å². The summed E-state index contributed by atoms with van der Waals surface area (Å²) in [6.45, 7) is 33.5. The Labute approximate surface area is 762 Å². The van der Waals surface area contributed by atoms with Crippen LogP contribution in [0, 0.1) is 34.1 Å². The monoisotopic (exact) mass is 2270 g/mol. The third-order valence-electron chi connectivity index (χ3n) is 19.9. The molecule has 3 N–H and O–H groups in total. The van der Waals surface area contributed by atoms with Crippen LogP contribution in [0.5, 0.6) is 17.2 Å². The molecule has 1 aliphatic carbocycles. The van der Waals surface area contributed by atoms with Crippen molar-refractivity contribution < 1.29 is 106 Å². The van der Waals surface area contributed by atoms with E-state index in [1.807, 2.05) is 67.8 Å². The van der Waals surface area contributed by atoms with Crippen LogP contribution in [0.15, 0.2) is 156 Å². The number of hydrogen-bond donors (Lipinski definition) is 3. The smallest absolute Gasteiger partial charge is 0.518 e. The number of esters is 4. The number of quaternary nitrogens is 1. The number of nitrogens with zero attached hydrogens (tertiary/aromatic N) is 1. The van der Waals surface area contributed by atoms with Crippen molar-refractivity contribution in [2.75, 3.05) is 33.0 Å². The molecule has 32 heteroatoms. The van der Waals surface area contributed by atoms with Crippen LogP contribution in [-0.2, 0) is 59.6 Å². The first kappa shape index (κ1) is 107. The summed E-state index contributed by atoms with van der Waals surface area (Å²) in [5, 5.41) is 33.0. The van der Waals surface area contributed by atoms with E-state index in [0.717, 1.165) is 64.3 Å². The molecule has 118 heavy (non-hydrogen) atoms. The van der Waals surface area contributed by atoms with Crippen molar-refractivity contribution in [2.45, 2.75) is 203 Å². The Bertz CT molecular complexity index is 4820. The van der Waals surface area contributed by atoms with Gasteiger partial charge in [0, 0.05) is 39.8 Å². The molecule has 7 aromatic carbocycles. The van der Waals surface area contributed by atoms with Crippen LogP contribution >= 0.6 is 123 Å². The number of thiophene rings is 1. The number of fused-ring (bicyclic) bond motifs is 3. The molecule has 0 radical (unpaired) electrons. The second-order valence-corrected chi connectivity index (χ2v) is 42.2. The normalized spacial score (nSPS) is 13.5. The predicted molar refractivity (Wildman–Crippen MR) is 495 cm³/mol. The Kier molecular flexibility index (Phi) is 42.1. The van der Waals surface area contributed by atoms with Gasteiger partial charge in [-0.2, -0.15) is 39.2 Å². The van der Waals surface area contributed by atoms with E-state index in [9.17, 15) is 77.1 Å². The van der Waals surface area contributed by atoms with Crippen molar-refractivity contribution in [2.24, 2.45) is 20.6 Å². The van der Waals surface area contributed by atoms with Gasteiger partial charge >= 0.3 is 45.6 Å². The van der Waals surface area contributed by atoms with Gasteiger partial charge in [0.1, 0.15) is 36.0 Å². The first-order valence-electron chi connectivity index (χ1n) is 37.7. The summed E-state index contributed by atoms with van der Waals surface area (Å²) in [5.41, 5.74) is -4.83. The molecule has 0 aliphatic heterocycles. The number of nitrogens with one attached hydrogen (secondary N) is 1. The highest BCUT2D eigenvalue weighted by Gasteiger charge is 2.47. The molecule has 1 saturated carbocycles. The Hall–Kier alpha value is -5.24. The fourth-order valence-electron chi connectivity index (χ4n) is 9.94. The van der Waals surface area contributed by atoms with Crippen LogP contribution < -0.4 is 14.7 Å². The number of hydrogen-bond acceptors (Lipinski definition) is 16. The summed E-state index contributed by atoms with van der Waals surface area (Å²) in [6, 6.07) is 47.9. The second kappa shape index (κ2) is 46.5. The largest absolute Gasteiger partial charge is 0.858 e. The molecule has 1 aromatic heterocycles. The van der Waals surface area contributed by atoms with E-state index < -0.39 is 72.5 Å². The summed E-state index contributed by atoms with van der Waals surface area (Å²) in [4.78, 5) is 50.2. The Morgan fingerprint density at radius 1 is 0.568 bits per heavy atom. The van der Waals surface area contributed by atoms with E-state index in [0.29, 0.717) is 35.2 Å². The van der Waals surface area contributed by atoms with Gasteiger partial charge < -0.3 is 43.7 Å². The van der Waals surface area contributed by atoms with Crippen molar-refractivity contribution in [1.82, 2.24) is 0 Å². The topological polar surface area (TPSA) is 277 Å². The zero-order valence-corrected chi connectivity index (χ0v) is 82.7. The SMILES string of the molecule is CCC(C)(C)C(=O)OC1(C)CCCC1.CCC(C)(C)C(=O)OCC[NH+](C)C.CCC(C)(C)C(=O)Oc1cc(C(=O)OC(CS(=O)(=O)[O-])C(F)(F)F)ccc1I.CCC(C)(C)c1cc(I)c(O)c(I)c1.CCC(C)(C)c1ccc(O)cc1.O=S(=O)(N=C([O-])c1c(I)cccc1I)C(F)(F)F.c1ccc(-[s+]2c3ccccc3c3ccccc32)cc1. The number of sulfonamides is 1. The van der Waals surface area contributed by atoms with Crippen molar-refractivity contribution >= 4 is 194 Å². The average molecular weight is 2270 g/mol. The van der Waals surface area contributed by atoms with E-state index in [2.05, 4.69) is 194 Å². The number of benzene rings is 7. The van der Waals surface area contributed by atoms with Gasteiger partial charge in [-0.05, 0) is 332 Å². The highest BCUT2D eigenvalue weighted by atomic mass is 127. The standard InChI is InChI=1S/C18H13S.C16H18F3IO7S.C12H22O2.C11H14I2O.C11H16O.C10H21NO2.C8H4F3I2NO3S/c1-2-8-14(9-3-1)19-17-12-6-4-10-15(17)16-11-5-7-13-18(16)19;1-4-15(2,3)14(22)26-11-7-9(5-6-10(11)20)13(21)27-12(16(17,18)19)8-28(23,24)25;1-5-11(2,3)10(13)14-12(4)8-6-7-9-12;1-4-11(2,3)7-5-8(12)10(14)9(13)6-7;1-4-11(2,3)9-5-7-10(12)8-6-9;1-6-10(2,3)9(12)13-8-7-11(4)5;9-8(10,11)18(16,17)14-7(15)6-4(12)2-1-3-5(6)13/h1-13H;5-7,12H,4,8H2,1-3H3,(H,23,24,25);5-9H2,1-4H3;5-6,14H,4H2,1-3H3;5-8,12H,4H2,1-3H3;6-8H2,1-5H3;1-3H,(H,14,15)/q+1;;;;;;/p-1. The molecule has 0 amide bonds. The zero-order valence-electron chi connectivity index (χ0n) is 69.4. The number of ether oxygens (including phenoxy) is 4. The average Bonchev–Trinajstić information content (AvgIpc) is 1.60. The molecular weight excluding hydrogens is 2160 g/mol. The molecule has 1 fully saturated rings. The molecule has 1 aliphatic rings. The van der Waals surface area contributed by atoms with Crippen molar-refractivity contribution in [3.05, 3.63) is 192 Å². The van der Waals surface area contributed by atoms with Gasteiger partial charge in [-0.3, -0.25) is 14.4 Å². The number of phenols is 2. The van der Waals surface area contributed by atoms with Crippen LogP contribution in [0.3, 0.4) is 0 Å². The lowest BCUT2D eigenvalue weighted by Crippen LogP contribution is -3.06. The molecule has 0 bridgehead atoms. The second-order valence-electron chi connectivity index (χ2n) is 31.4. The number of likely N-dealkylation sites (N-methyl/N-ethyl adjacent to an activating group) is 1. The van der Waals surface area contributed by atoms with Crippen LogP contribution in [0.2, 0.25) is 0 Å². The molecule has 652 valence electrons. The minimum atomic E-state index is -5.81.